The molecule has 0 spiro atoms. The number of benzene rings is 5. The molecule has 294 valence electrons. The van der Waals surface area contributed by atoms with E-state index in [-0.39, 0.29) is 28.1 Å². The molecule has 15 heteroatoms. The van der Waals surface area contributed by atoms with Gasteiger partial charge in [0.1, 0.15) is 12.0 Å². The number of hydrogen-bond acceptors (Lipinski definition) is 11. The van der Waals surface area contributed by atoms with Crippen LogP contribution in [0.4, 0.5) is 22.9 Å². The number of sulfonamides is 1. The third-order valence-electron chi connectivity index (χ3n) is 9.93. The van der Waals surface area contributed by atoms with Gasteiger partial charge >= 0.3 is 0 Å². The molecular formula is C42H43ClN8O4S2. The second kappa shape index (κ2) is 18.3. The first-order valence-electron chi connectivity index (χ1n) is 18.6. The predicted molar refractivity (Wildman–Crippen MR) is 231 cm³/mol. The highest BCUT2D eigenvalue weighted by Crippen LogP contribution is 2.33. The fourth-order valence-electron chi connectivity index (χ4n) is 6.88. The largest absolute Gasteiger partial charge is 0.376 e. The van der Waals surface area contributed by atoms with Crippen molar-refractivity contribution in [2.75, 3.05) is 60.5 Å². The lowest BCUT2D eigenvalue weighted by molar-refractivity contribution is -0.384. The smallest absolute Gasteiger partial charge is 0.293 e. The highest BCUT2D eigenvalue weighted by Gasteiger charge is 2.25. The Hall–Kier alpha value is -5.25. The summed E-state index contributed by atoms with van der Waals surface area (Å²) in [6, 6.07) is 35.8. The number of nitrogens with one attached hydrogen (secondary N) is 3. The predicted octanol–water partition coefficient (Wildman–Crippen LogP) is 8.16. The number of thioether (sulfide) groups is 1. The monoisotopic (exact) mass is 822 g/mol. The SMILES string of the molecule is CNCCC(CSc1ccccc1)Nc1ccc(S(=O)(=O)Nc2ncnc3cc(N4CCN(Cc5ccccc5-c5ccc(Cl)cc5)CC4)ccc23)cc1[N+](=O)[O-]. The Morgan fingerprint density at radius 3 is 2.40 bits per heavy atom. The number of piperazine rings is 1. The summed E-state index contributed by atoms with van der Waals surface area (Å²) in [7, 11) is -2.41. The van der Waals surface area contributed by atoms with Crippen molar-refractivity contribution in [1.29, 1.82) is 0 Å². The van der Waals surface area contributed by atoms with E-state index in [0.29, 0.717) is 34.6 Å². The number of fused-ring (bicyclic) bond motifs is 1. The molecule has 0 aliphatic carbocycles. The van der Waals surface area contributed by atoms with Gasteiger partial charge in [-0.2, -0.15) is 0 Å². The van der Waals surface area contributed by atoms with Crippen LogP contribution in [-0.4, -0.2) is 79.8 Å². The normalized spacial score (nSPS) is 14.0. The van der Waals surface area contributed by atoms with E-state index < -0.39 is 14.9 Å². The molecule has 0 amide bonds. The minimum absolute atomic E-state index is 0.0886. The number of nitro groups is 1. The summed E-state index contributed by atoms with van der Waals surface area (Å²) in [5.74, 6) is 0.745. The lowest BCUT2D eigenvalue weighted by Gasteiger charge is -2.36. The van der Waals surface area contributed by atoms with E-state index >= 15 is 0 Å². The van der Waals surface area contributed by atoms with Crippen LogP contribution in [0.5, 0.6) is 0 Å². The highest BCUT2D eigenvalue weighted by atomic mass is 35.5. The Labute approximate surface area is 341 Å². The maximum atomic E-state index is 13.7. The van der Waals surface area contributed by atoms with Crippen molar-refractivity contribution in [3.63, 3.8) is 0 Å². The van der Waals surface area contributed by atoms with Gasteiger partial charge in [0.15, 0.2) is 5.82 Å². The molecular weight excluding hydrogens is 780 g/mol. The quantitative estimate of drug-likeness (QED) is 0.0494. The summed E-state index contributed by atoms with van der Waals surface area (Å²) in [6.07, 6.45) is 2.02. The molecule has 0 radical (unpaired) electrons. The third kappa shape index (κ3) is 10.0. The Morgan fingerprint density at radius 2 is 1.65 bits per heavy atom. The fourth-order valence-corrected chi connectivity index (χ4v) is 9.05. The van der Waals surface area contributed by atoms with Crippen LogP contribution >= 0.6 is 23.4 Å². The van der Waals surface area contributed by atoms with Crippen molar-refractivity contribution in [1.82, 2.24) is 20.2 Å². The molecule has 1 aliphatic rings. The number of nitro benzene ring substituents is 1. The van der Waals surface area contributed by atoms with Crippen molar-refractivity contribution >= 4 is 67.2 Å². The second-order valence-electron chi connectivity index (χ2n) is 13.8. The van der Waals surface area contributed by atoms with Gasteiger partial charge < -0.3 is 15.5 Å². The van der Waals surface area contributed by atoms with E-state index in [1.54, 1.807) is 11.8 Å². The molecule has 12 nitrogen and oxygen atoms in total. The number of halogens is 1. The van der Waals surface area contributed by atoms with E-state index in [0.717, 1.165) is 54.9 Å². The number of aromatic nitrogens is 2. The first-order valence-corrected chi connectivity index (χ1v) is 21.5. The van der Waals surface area contributed by atoms with Gasteiger partial charge in [-0.1, -0.05) is 66.2 Å². The first kappa shape index (κ1) is 40.0. The number of anilines is 3. The summed E-state index contributed by atoms with van der Waals surface area (Å²) in [4.78, 5) is 26.0. The Bertz CT molecular complexity index is 2430. The van der Waals surface area contributed by atoms with Crippen LogP contribution in [-0.2, 0) is 16.6 Å². The Morgan fingerprint density at radius 1 is 0.895 bits per heavy atom. The molecule has 0 bridgehead atoms. The molecule has 6 aromatic rings. The molecule has 1 atom stereocenters. The summed E-state index contributed by atoms with van der Waals surface area (Å²) in [5.41, 5.74) is 5.06. The standard InChI is InChI=1S/C42H43ClN8O4S2/c1-44-20-19-33(28-56-35-8-3-2-4-9-35)47-39-18-16-36(26-41(39)51(52)53)57(54,55)48-42-38-17-15-34(25-40(38)45-29-46-42)50-23-21-49(22-24-50)27-31-7-5-6-10-37(31)30-11-13-32(43)14-12-30/h2-18,25-26,29,33,44,47H,19-24,27-28H2,1H3,(H,45,46,48). The van der Waals surface area contributed by atoms with Crippen LogP contribution in [0.25, 0.3) is 22.0 Å². The topological polar surface area (TPSA) is 146 Å². The molecule has 57 heavy (non-hydrogen) atoms. The van der Waals surface area contributed by atoms with Crippen LogP contribution in [0.3, 0.4) is 0 Å². The van der Waals surface area contributed by atoms with Crippen LogP contribution in [0, 0.1) is 10.1 Å². The van der Waals surface area contributed by atoms with Gasteiger partial charge in [-0.3, -0.25) is 19.7 Å². The van der Waals surface area contributed by atoms with Crippen LogP contribution < -0.4 is 20.3 Å². The molecule has 7 rings (SSSR count). The van der Waals surface area contributed by atoms with Gasteiger partial charge in [-0.25, -0.2) is 18.4 Å². The van der Waals surface area contributed by atoms with Crippen molar-refractivity contribution in [2.24, 2.45) is 0 Å². The zero-order chi connectivity index (χ0) is 39.8. The molecule has 1 aliphatic heterocycles. The maximum Gasteiger partial charge on any atom is 0.293 e. The van der Waals surface area contributed by atoms with Crippen LogP contribution in [0.2, 0.25) is 5.02 Å². The van der Waals surface area contributed by atoms with E-state index in [1.807, 2.05) is 67.7 Å². The van der Waals surface area contributed by atoms with Gasteiger partial charge in [0.25, 0.3) is 15.7 Å². The highest BCUT2D eigenvalue weighted by molar-refractivity contribution is 7.99. The number of hydrogen-bond donors (Lipinski definition) is 3. The van der Waals surface area contributed by atoms with Gasteiger partial charge in [0, 0.05) is 71.6 Å². The van der Waals surface area contributed by atoms with Gasteiger partial charge in [-0.05, 0) is 91.3 Å². The molecule has 0 saturated carbocycles. The molecule has 1 unspecified atom stereocenters. The average molecular weight is 823 g/mol. The maximum absolute atomic E-state index is 13.7. The van der Waals surface area contributed by atoms with Crippen molar-refractivity contribution in [2.45, 2.75) is 28.8 Å². The average Bonchev–Trinajstić information content (AvgIpc) is 3.23. The summed E-state index contributed by atoms with van der Waals surface area (Å²) < 4.78 is 30.0. The molecule has 2 heterocycles. The van der Waals surface area contributed by atoms with E-state index in [1.165, 1.54) is 29.6 Å². The zero-order valence-corrected chi connectivity index (χ0v) is 33.7. The third-order valence-corrected chi connectivity index (χ3v) is 12.7. The van der Waals surface area contributed by atoms with Gasteiger partial charge in [0.05, 0.1) is 15.3 Å². The Kier molecular flexibility index (Phi) is 12.9. The molecule has 3 N–H and O–H groups in total. The molecule has 5 aromatic carbocycles. The van der Waals surface area contributed by atoms with Crippen molar-refractivity contribution < 1.29 is 13.3 Å². The van der Waals surface area contributed by atoms with Gasteiger partial charge in [-0.15, -0.1) is 11.8 Å². The molecule has 1 aromatic heterocycles. The fraction of sp³-hybridized carbons (Fsp3) is 0.238. The minimum atomic E-state index is -4.26. The lowest BCUT2D eigenvalue weighted by atomic mass is 9.99. The van der Waals surface area contributed by atoms with Crippen LogP contribution in [0.1, 0.15) is 12.0 Å². The van der Waals surface area contributed by atoms with Gasteiger partial charge in [0.2, 0.25) is 0 Å². The van der Waals surface area contributed by atoms with Crippen molar-refractivity contribution in [3.8, 4) is 11.1 Å². The van der Waals surface area contributed by atoms with E-state index in [2.05, 4.69) is 71.5 Å². The number of nitrogens with zero attached hydrogens (tertiary/aromatic N) is 5. The summed E-state index contributed by atoms with van der Waals surface area (Å²) >= 11 is 7.78. The van der Waals surface area contributed by atoms with E-state index in [4.69, 9.17) is 11.6 Å². The lowest BCUT2D eigenvalue weighted by Crippen LogP contribution is -2.46. The first-order chi connectivity index (χ1) is 27.7. The minimum Gasteiger partial charge on any atom is -0.376 e. The van der Waals surface area contributed by atoms with Crippen LogP contribution in [0.15, 0.2) is 131 Å². The van der Waals surface area contributed by atoms with E-state index in [9.17, 15) is 18.5 Å². The Balaban J connectivity index is 1.02. The molecule has 1 fully saturated rings. The summed E-state index contributed by atoms with van der Waals surface area (Å²) in [5, 5.41) is 19.9. The zero-order valence-electron chi connectivity index (χ0n) is 31.3. The second-order valence-corrected chi connectivity index (χ2v) is 17.0. The number of rotatable bonds is 16. The van der Waals surface area contributed by atoms with Crippen molar-refractivity contribution in [3.05, 3.63) is 142 Å². The molecule has 1 saturated heterocycles. The summed E-state index contributed by atoms with van der Waals surface area (Å²) in [6.45, 7) is 4.88.